The predicted molar refractivity (Wildman–Crippen MR) is 75.9 cm³/mol. The van der Waals surface area contributed by atoms with Gasteiger partial charge in [0.1, 0.15) is 6.54 Å². The van der Waals surface area contributed by atoms with E-state index >= 15 is 0 Å². The number of urea groups is 1. The summed E-state index contributed by atoms with van der Waals surface area (Å²) in [4.78, 5) is 24.9. The van der Waals surface area contributed by atoms with Crippen LogP contribution in [0.25, 0.3) is 0 Å². The number of carbonyl (C=O) groups is 2. The van der Waals surface area contributed by atoms with Crippen molar-refractivity contribution in [3.8, 4) is 0 Å². The Morgan fingerprint density at radius 3 is 2.63 bits per heavy atom. The molecule has 5 nitrogen and oxygen atoms in total. The molecule has 0 fully saturated rings. The molecule has 0 radical (unpaired) electrons. The van der Waals surface area contributed by atoms with Crippen LogP contribution < -0.4 is 5.32 Å². The highest BCUT2D eigenvalue weighted by atomic mass is 35.5. The van der Waals surface area contributed by atoms with Gasteiger partial charge in [-0.15, -0.1) is 11.3 Å². The summed E-state index contributed by atoms with van der Waals surface area (Å²) < 4.78 is 0.719. The third kappa shape index (κ3) is 5.48. The number of nitrogens with one attached hydrogen (secondary N) is 1. The maximum Gasteiger partial charge on any atom is 0.323 e. The molecule has 0 saturated carbocycles. The minimum Gasteiger partial charge on any atom is -0.480 e. The first kappa shape index (κ1) is 15.8. The Hall–Kier alpha value is -1.27. The van der Waals surface area contributed by atoms with Crippen LogP contribution in [-0.2, 0) is 11.2 Å². The number of hydrogen-bond donors (Lipinski definition) is 2. The molecule has 0 aromatic carbocycles. The third-order valence-corrected chi connectivity index (χ3v) is 3.76. The molecular formula is C12H17ClN2O3S. The number of amides is 2. The van der Waals surface area contributed by atoms with Crippen LogP contribution in [0.15, 0.2) is 12.1 Å². The SMILES string of the molecule is CC(C)N(CC(=O)O)C(=O)NCCc1ccc(Cl)s1. The zero-order valence-electron chi connectivity index (χ0n) is 10.9. The highest BCUT2D eigenvalue weighted by Gasteiger charge is 2.19. The Labute approximate surface area is 121 Å². The largest absolute Gasteiger partial charge is 0.480 e. The van der Waals surface area contributed by atoms with Gasteiger partial charge >= 0.3 is 12.0 Å². The van der Waals surface area contributed by atoms with Crippen molar-refractivity contribution < 1.29 is 14.7 Å². The Balaban J connectivity index is 2.42. The lowest BCUT2D eigenvalue weighted by atomic mass is 10.3. The fourth-order valence-electron chi connectivity index (χ4n) is 1.51. The predicted octanol–water partition coefficient (Wildman–Crippen LogP) is 2.45. The van der Waals surface area contributed by atoms with Gasteiger partial charge < -0.3 is 15.3 Å². The van der Waals surface area contributed by atoms with Crippen molar-refractivity contribution >= 4 is 34.9 Å². The molecule has 2 amide bonds. The Morgan fingerprint density at radius 1 is 1.47 bits per heavy atom. The molecule has 1 aromatic rings. The quantitative estimate of drug-likeness (QED) is 0.848. The van der Waals surface area contributed by atoms with Crippen LogP contribution in [0, 0.1) is 0 Å². The van der Waals surface area contributed by atoms with E-state index in [1.54, 1.807) is 13.8 Å². The second-order valence-corrected chi connectivity index (χ2v) is 6.10. The van der Waals surface area contributed by atoms with E-state index < -0.39 is 5.97 Å². The second kappa shape index (κ2) is 7.35. The van der Waals surface area contributed by atoms with Crippen LogP contribution in [0.4, 0.5) is 4.79 Å². The van der Waals surface area contributed by atoms with E-state index in [-0.39, 0.29) is 18.6 Å². The Morgan fingerprint density at radius 2 is 2.16 bits per heavy atom. The highest BCUT2D eigenvalue weighted by molar-refractivity contribution is 7.16. The standard InChI is InChI=1S/C12H17ClN2O3S/c1-8(2)15(7-11(16)17)12(18)14-6-5-9-3-4-10(13)19-9/h3-4,8H,5-7H2,1-2H3,(H,14,18)(H,16,17). The highest BCUT2D eigenvalue weighted by Crippen LogP contribution is 2.21. The third-order valence-electron chi connectivity index (χ3n) is 2.47. The lowest BCUT2D eigenvalue weighted by molar-refractivity contribution is -0.138. The van der Waals surface area contributed by atoms with Crippen LogP contribution in [0.2, 0.25) is 4.34 Å². The van der Waals surface area contributed by atoms with E-state index in [4.69, 9.17) is 16.7 Å². The first-order chi connectivity index (χ1) is 8.90. The summed E-state index contributed by atoms with van der Waals surface area (Å²) in [6.07, 6.45) is 0.683. The molecule has 2 N–H and O–H groups in total. The van der Waals surface area contributed by atoms with Gasteiger partial charge in [0.05, 0.1) is 4.34 Å². The minimum atomic E-state index is -1.02. The summed E-state index contributed by atoms with van der Waals surface area (Å²) in [5.74, 6) is -1.02. The maximum absolute atomic E-state index is 11.8. The maximum atomic E-state index is 11.8. The van der Waals surface area contributed by atoms with Crippen molar-refractivity contribution in [2.75, 3.05) is 13.1 Å². The first-order valence-electron chi connectivity index (χ1n) is 5.90. The van der Waals surface area contributed by atoms with Crippen molar-refractivity contribution in [2.45, 2.75) is 26.3 Å². The summed E-state index contributed by atoms with van der Waals surface area (Å²) in [6, 6.07) is 3.21. The molecule has 0 atom stereocenters. The molecule has 1 heterocycles. The summed E-state index contributed by atoms with van der Waals surface area (Å²) in [6.45, 7) is 3.72. The van der Waals surface area contributed by atoms with Crippen LogP contribution in [0.5, 0.6) is 0 Å². The fraction of sp³-hybridized carbons (Fsp3) is 0.500. The molecule has 0 spiro atoms. The van der Waals surface area contributed by atoms with Crippen molar-refractivity contribution in [2.24, 2.45) is 0 Å². The molecule has 19 heavy (non-hydrogen) atoms. The van der Waals surface area contributed by atoms with Gasteiger partial charge in [-0.1, -0.05) is 11.6 Å². The second-order valence-electron chi connectivity index (χ2n) is 4.30. The number of carboxylic acids is 1. The fourth-order valence-corrected chi connectivity index (χ4v) is 2.60. The van der Waals surface area contributed by atoms with E-state index in [1.165, 1.54) is 16.2 Å². The molecule has 0 bridgehead atoms. The summed E-state index contributed by atoms with van der Waals surface area (Å²) in [5.41, 5.74) is 0. The first-order valence-corrected chi connectivity index (χ1v) is 7.10. The van der Waals surface area contributed by atoms with Gasteiger partial charge in [0.15, 0.2) is 0 Å². The summed E-state index contributed by atoms with van der Waals surface area (Å²) in [5, 5.41) is 11.5. The number of carbonyl (C=O) groups excluding carboxylic acids is 1. The van der Waals surface area contributed by atoms with Gasteiger partial charge in [-0.3, -0.25) is 4.79 Å². The smallest absolute Gasteiger partial charge is 0.323 e. The number of halogens is 1. The van der Waals surface area contributed by atoms with Gasteiger partial charge in [-0.25, -0.2) is 4.79 Å². The van der Waals surface area contributed by atoms with E-state index in [0.717, 1.165) is 9.21 Å². The van der Waals surface area contributed by atoms with Crippen LogP contribution in [0.3, 0.4) is 0 Å². The van der Waals surface area contributed by atoms with Crippen LogP contribution in [-0.4, -0.2) is 41.1 Å². The number of aliphatic carboxylic acids is 1. The Kier molecular flexibility index (Phi) is 6.11. The molecular weight excluding hydrogens is 288 g/mol. The summed E-state index contributed by atoms with van der Waals surface area (Å²) in [7, 11) is 0. The van der Waals surface area contributed by atoms with E-state index in [1.807, 2.05) is 12.1 Å². The topological polar surface area (TPSA) is 69.6 Å². The van der Waals surface area contributed by atoms with Gasteiger partial charge in [-0.2, -0.15) is 0 Å². The lowest BCUT2D eigenvalue weighted by Crippen LogP contribution is -2.46. The molecule has 7 heteroatoms. The zero-order valence-corrected chi connectivity index (χ0v) is 12.4. The normalized spacial score (nSPS) is 10.5. The zero-order chi connectivity index (χ0) is 14.4. The van der Waals surface area contributed by atoms with Gasteiger partial charge in [0.25, 0.3) is 0 Å². The van der Waals surface area contributed by atoms with Gasteiger partial charge in [0.2, 0.25) is 0 Å². The molecule has 1 aromatic heterocycles. The molecule has 0 unspecified atom stereocenters. The van der Waals surface area contributed by atoms with Gasteiger partial charge in [0, 0.05) is 17.5 Å². The number of hydrogen-bond acceptors (Lipinski definition) is 3. The van der Waals surface area contributed by atoms with E-state index in [0.29, 0.717) is 13.0 Å². The van der Waals surface area contributed by atoms with E-state index in [2.05, 4.69) is 5.32 Å². The van der Waals surface area contributed by atoms with Crippen molar-refractivity contribution in [3.63, 3.8) is 0 Å². The number of thiophene rings is 1. The van der Waals surface area contributed by atoms with Crippen LogP contribution in [0.1, 0.15) is 18.7 Å². The van der Waals surface area contributed by atoms with Gasteiger partial charge in [-0.05, 0) is 32.4 Å². The average Bonchev–Trinajstić information content (AvgIpc) is 2.71. The average molecular weight is 305 g/mol. The van der Waals surface area contributed by atoms with Crippen molar-refractivity contribution in [1.29, 1.82) is 0 Å². The molecule has 0 aliphatic heterocycles. The molecule has 1 rings (SSSR count). The lowest BCUT2D eigenvalue weighted by Gasteiger charge is -2.25. The van der Waals surface area contributed by atoms with Crippen molar-refractivity contribution in [1.82, 2.24) is 10.2 Å². The van der Waals surface area contributed by atoms with E-state index in [9.17, 15) is 9.59 Å². The molecule has 0 saturated heterocycles. The monoisotopic (exact) mass is 304 g/mol. The van der Waals surface area contributed by atoms with Crippen molar-refractivity contribution in [3.05, 3.63) is 21.3 Å². The number of rotatable bonds is 6. The Bertz CT molecular complexity index is 448. The molecule has 0 aliphatic carbocycles. The summed E-state index contributed by atoms with van der Waals surface area (Å²) >= 11 is 7.28. The molecule has 106 valence electrons. The van der Waals surface area contributed by atoms with Crippen LogP contribution >= 0.6 is 22.9 Å². The number of nitrogens with zero attached hydrogens (tertiary/aromatic N) is 1. The minimum absolute atomic E-state index is 0.160. The molecule has 0 aliphatic rings. The number of carboxylic acid groups (broad SMARTS) is 1.